The zero-order chi connectivity index (χ0) is 18.4. The third kappa shape index (κ3) is 4.96. The summed E-state index contributed by atoms with van der Waals surface area (Å²) < 4.78 is 0. The number of thiazole rings is 1. The van der Waals surface area contributed by atoms with Crippen LogP contribution in [0.25, 0.3) is 0 Å². The molecule has 1 fully saturated rings. The van der Waals surface area contributed by atoms with E-state index in [1.54, 1.807) is 6.92 Å². The van der Waals surface area contributed by atoms with Crippen molar-refractivity contribution >= 4 is 23.2 Å². The molecule has 0 radical (unpaired) electrons. The lowest BCUT2D eigenvalue weighted by Crippen LogP contribution is -2.53. The topological polar surface area (TPSA) is 60.8 Å². The van der Waals surface area contributed by atoms with Crippen molar-refractivity contribution < 1.29 is 4.79 Å². The van der Waals surface area contributed by atoms with Gasteiger partial charge >= 0.3 is 0 Å². The molecule has 1 amide bonds. The second-order valence-corrected chi connectivity index (χ2v) is 8.19. The number of aromatic nitrogens is 1. The lowest BCUT2D eigenvalue weighted by molar-refractivity contribution is -0.130. The third-order valence-electron chi connectivity index (χ3n) is 5.06. The number of nitrogens with zero attached hydrogens (tertiary/aromatic N) is 4. The minimum atomic E-state index is 0.165. The number of fused-ring (bicyclic) bond motifs is 1. The summed E-state index contributed by atoms with van der Waals surface area (Å²) in [4.78, 5) is 26.8. The Morgan fingerprint density at radius 3 is 2.62 bits per heavy atom. The Balaban J connectivity index is 1.48. The molecule has 1 aromatic heterocycles. The molecule has 1 aliphatic heterocycles. The Morgan fingerprint density at radius 2 is 1.92 bits per heavy atom. The fraction of sp³-hybridized carbons (Fsp3) is 0.737. The van der Waals surface area contributed by atoms with Crippen molar-refractivity contribution in [2.24, 2.45) is 4.99 Å². The minimum Gasteiger partial charge on any atom is -0.357 e. The fourth-order valence-corrected chi connectivity index (χ4v) is 4.79. The van der Waals surface area contributed by atoms with E-state index < -0.39 is 0 Å². The van der Waals surface area contributed by atoms with Gasteiger partial charge in [0.25, 0.3) is 0 Å². The molecule has 0 aromatic carbocycles. The number of hydrogen-bond donors (Lipinski definition) is 1. The lowest BCUT2D eigenvalue weighted by atomic mass is 10.0. The maximum atomic E-state index is 11.5. The highest BCUT2D eigenvalue weighted by Crippen LogP contribution is 2.27. The summed E-state index contributed by atoms with van der Waals surface area (Å²) in [7, 11) is 0. The first-order valence-electron chi connectivity index (χ1n) is 9.93. The second-order valence-electron chi connectivity index (χ2n) is 7.02. The van der Waals surface area contributed by atoms with Gasteiger partial charge in [-0.2, -0.15) is 0 Å². The quantitative estimate of drug-likeness (QED) is 0.485. The van der Waals surface area contributed by atoms with Gasteiger partial charge in [-0.3, -0.25) is 9.79 Å². The number of rotatable bonds is 5. The van der Waals surface area contributed by atoms with E-state index in [9.17, 15) is 4.79 Å². The predicted molar refractivity (Wildman–Crippen MR) is 107 cm³/mol. The largest absolute Gasteiger partial charge is 0.357 e. The fourth-order valence-electron chi connectivity index (χ4n) is 3.59. The Morgan fingerprint density at radius 1 is 1.19 bits per heavy atom. The lowest BCUT2D eigenvalue weighted by Gasteiger charge is -2.36. The van der Waals surface area contributed by atoms with Gasteiger partial charge in [-0.05, 0) is 39.0 Å². The van der Waals surface area contributed by atoms with Crippen LogP contribution in [0, 0.1) is 0 Å². The highest BCUT2D eigenvalue weighted by molar-refractivity contribution is 7.11. The standard InChI is InChI=1S/C19H31N5OS/c1-3-20-19(24-13-11-23(12-14-24)15(2)25)21-10-6-9-18-22-16-7-4-5-8-17(16)26-18/h3-14H2,1-2H3,(H,20,21). The van der Waals surface area contributed by atoms with Gasteiger partial charge in [-0.25, -0.2) is 4.98 Å². The SMILES string of the molecule is CCNC(=NCCCc1nc2c(s1)CCCC2)N1CCN(C(C)=O)CC1. The van der Waals surface area contributed by atoms with Crippen LogP contribution in [-0.2, 0) is 24.1 Å². The zero-order valence-corrected chi connectivity index (χ0v) is 16.9. The van der Waals surface area contributed by atoms with Crippen molar-refractivity contribution in [2.45, 2.75) is 52.4 Å². The van der Waals surface area contributed by atoms with Crippen LogP contribution in [-0.4, -0.2) is 65.9 Å². The number of aryl methyl sites for hydroxylation is 3. The van der Waals surface area contributed by atoms with E-state index in [-0.39, 0.29) is 5.91 Å². The smallest absolute Gasteiger partial charge is 0.219 e. The van der Waals surface area contributed by atoms with Gasteiger partial charge in [0.05, 0.1) is 10.7 Å². The first-order chi connectivity index (χ1) is 12.7. The maximum Gasteiger partial charge on any atom is 0.219 e. The molecule has 1 aliphatic carbocycles. The molecule has 1 aromatic rings. The van der Waals surface area contributed by atoms with E-state index in [2.05, 4.69) is 17.1 Å². The second kappa shape index (κ2) is 9.35. The van der Waals surface area contributed by atoms with Gasteiger partial charge in [-0.15, -0.1) is 11.3 Å². The first kappa shape index (κ1) is 19.1. The number of hydrogen-bond acceptors (Lipinski definition) is 4. The number of piperazine rings is 1. The molecule has 0 spiro atoms. The minimum absolute atomic E-state index is 0.165. The molecule has 0 atom stereocenters. The average Bonchev–Trinajstić information content (AvgIpc) is 3.07. The highest BCUT2D eigenvalue weighted by Gasteiger charge is 2.20. The van der Waals surface area contributed by atoms with Crippen LogP contribution in [0.15, 0.2) is 4.99 Å². The molecule has 1 saturated heterocycles. The number of guanidine groups is 1. The molecule has 1 N–H and O–H groups in total. The Hall–Kier alpha value is -1.63. The number of nitrogens with one attached hydrogen (secondary N) is 1. The van der Waals surface area contributed by atoms with E-state index in [0.717, 1.165) is 58.1 Å². The van der Waals surface area contributed by atoms with Crippen molar-refractivity contribution in [2.75, 3.05) is 39.3 Å². The molecule has 26 heavy (non-hydrogen) atoms. The summed E-state index contributed by atoms with van der Waals surface area (Å²) in [6.45, 7) is 8.70. The van der Waals surface area contributed by atoms with Crippen LogP contribution in [0.5, 0.6) is 0 Å². The van der Waals surface area contributed by atoms with Crippen molar-refractivity contribution in [1.29, 1.82) is 0 Å². The number of amides is 1. The molecule has 2 aliphatic rings. The zero-order valence-electron chi connectivity index (χ0n) is 16.1. The predicted octanol–water partition coefficient (Wildman–Crippen LogP) is 2.08. The van der Waals surface area contributed by atoms with E-state index in [1.807, 2.05) is 16.2 Å². The number of carbonyl (C=O) groups excluding carboxylic acids is 1. The molecule has 0 bridgehead atoms. The molecule has 7 heteroatoms. The normalized spacial score (nSPS) is 18.0. The van der Waals surface area contributed by atoms with Crippen molar-refractivity contribution in [3.05, 3.63) is 15.6 Å². The molecule has 144 valence electrons. The van der Waals surface area contributed by atoms with E-state index in [1.165, 1.54) is 41.3 Å². The molecular weight excluding hydrogens is 346 g/mol. The molecule has 2 heterocycles. The summed E-state index contributed by atoms with van der Waals surface area (Å²) >= 11 is 1.91. The van der Waals surface area contributed by atoms with E-state index in [0.29, 0.717) is 0 Å². The van der Waals surface area contributed by atoms with Gasteiger partial charge in [-0.1, -0.05) is 0 Å². The van der Waals surface area contributed by atoms with Crippen LogP contribution < -0.4 is 5.32 Å². The summed E-state index contributed by atoms with van der Waals surface area (Å²) in [5, 5.41) is 4.68. The van der Waals surface area contributed by atoms with Gasteiger partial charge in [0.1, 0.15) is 0 Å². The van der Waals surface area contributed by atoms with Crippen molar-refractivity contribution in [3.63, 3.8) is 0 Å². The van der Waals surface area contributed by atoms with Gasteiger partial charge in [0.15, 0.2) is 5.96 Å². The monoisotopic (exact) mass is 377 g/mol. The maximum absolute atomic E-state index is 11.5. The summed E-state index contributed by atoms with van der Waals surface area (Å²) in [5.41, 5.74) is 1.36. The Labute approximate surface area is 160 Å². The van der Waals surface area contributed by atoms with Crippen LogP contribution in [0.3, 0.4) is 0 Å². The Bertz CT molecular complexity index is 610. The van der Waals surface area contributed by atoms with Crippen molar-refractivity contribution in [3.8, 4) is 0 Å². The van der Waals surface area contributed by atoms with Crippen LogP contribution in [0.2, 0.25) is 0 Å². The van der Waals surface area contributed by atoms with Crippen LogP contribution in [0.4, 0.5) is 0 Å². The van der Waals surface area contributed by atoms with Gasteiger partial charge in [0.2, 0.25) is 5.91 Å². The Kier molecular flexibility index (Phi) is 6.88. The van der Waals surface area contributed by atoms with Gasteiger partial charge in [0, 0.05) is 57.5 Å². The summed E-state index contributed by atoms with van der Waals surface area (Å²) in [6.07, 6.45) is 7.07. The average molecular weight is 378 g/mol. The highest BCUT2D eigenvalue weighted by atomic mass is 32.1. The molecule has 0 unspecified atom stereocenters. The third-order valence-corrected chi connectivity index (χ3v) is 6.28. The molecule has 3 rings (SSSR count). The van der Waals surface area contributed by atoms with E-state index >= 15 is 0 Å². The summed E-state index contributed by atoms with van der Waals surface area (Å²) in [6, 6.07) is 0. The molecule has 0 saturated carbocycles. The first-order valence-corrected chi connectivity index (χ1v) is 10.7. The number of carbonyl (C=O) groups is 1. The van der Waals surface area contributed by atoms with E-state index in [4.69, 9.17) is 9.98 Å². The molecule has 6 nitrogen and oxygen atoms in total. The van der Waals surface area contributed by atoms with Crippen LogP contribution >= 0.6 is 11.3 Å². The van der Waals surface area contributed by atoms with Gasteiger partial charge < -0.3 is 15.1 Å². The number of aliphatic imine (C=N–C) groups is 1. The van der Waals surface area contributed by atoms with Crippen LogP contribution in [0.1, 0.15) is 48.7 Å². The summed E-state index contributed by atoms with van der Waals surface area (Å²) in [5.74, 6) is 1.15. The molecular formula is C19H31N5OS. The van der Waals surface area contributed by atoms with Crippen molar-refractivity contribution in [1.82, 2.24) is 20.1 Å².